The molecule has 0 spiro atoms. The summed E-state index contributed by atoms with van der Waals surface area (Å²) in [5.74, 6) is -0.638. The van der Waals surface area contributed by atoms with E-state index in [1.54, 1.807) is 13.0 Å². The zero-order valence-electron chi connectivity index (χ0n) is 15.0. The number of nitrogens with one attached hydrogen (secondary N) is 3. The van der Waals surface area contributed by atoms with Gasteiger partial charge in [0.25, 0.3) is 11.8 Å². The molecule has 0 bridgehead atoms. The Bertz CT molecular complexity index is 890. The Balaban J connectivity index is 1.41. The standard InChI is InChI=1S/C19H21N5O3/c1-19(10-9-12-5-3-2-4-6-12)17(26)24(18(27)20-19)23-16(25)15-11-14(21-22-15)13-7-8-13/h2-6,11,13H,7-10H2,1H3,(H,20,27)(H,21,22)(H,23,25). The first kappa shape index (κ1) is 17.3. The number of aryl methyl sites for hydroxylation is 1. The van der Waals surface area contributed by atoms with Crippen molar-refractivity contribution in [3.8, 4) is 0 Å². The van der Waals surface area contributed by atoms with Crippen molar-refractivity contribution in [3.05, 3.63) is 53.3 Å². The maximum atomic E-state index is 12.7. The molecule has 2 aliphatic rings. The molecule has 4 amide bonds. The van der Waals surface area contributed by atoms with E-state index in [1.165, 1.54) is 0 Å². The minimum Gasteiger partial charge on any atom is -0.322 e. The van der Waals surface area contributed by atoms with Crippen LogP contribution in [0.25, 0.3) is 0 Å². The summed E-state index contributed by atoms with van der Waals surface area (Å²) < 4.78 is 0. The fraction of sp³-hybridized carbons (Fsp3) is 0.368. The van der Waals surface area contributed by atoms with Crippen LogP contribution in [0.1, 0.15) is 53.8 Å². The number of benzene rings is 1. The van der Waals surface area contributed by atoms with Crippen molar-refractivity contribution in [2.45, 2.75) is 44.1 Å². The number of imide groups is 1. The fourth-order valence-electron chi connectivity index (χ4n) is 3.21. The van der Waals surface area contributed by atoms with Crippen LogP contribution in [0.15, 0.2) is 36.4 Å². The molecule has 2 heterocycles. The molecule has 3 N–H and O–H groups in total. The van der Waals surface area contributed by atoms with E-state index in [-0.39, 0.29) is 5.69 Å². The molecule has 1 aliphatic carbocycles. The summed E-state index contributed by atoms with van der Waals surface area (Å²) in [6.07, 6.45) is 3.23. The molecule has 8 nitrogen and oxygen atoms in total. The van der Waals surface area contributed by atoms with Crippen LogP contribution in [-0.4, -0.2) is 38.6 Å². The van der Waals surface area contributed by atoms with E-state index >= 15 is 0 Å². The quantitative estimate of drug-likeness (QED) is 0.678. The second kappa shape index (κ2) is 6.53. The molecule has 1 saturated heterocycles. The summed E-state index contributed by atoms with van der Waals surface area (Å²) in [5.41, 5.74) is 3.45. The monoisotopic (exact) mass is 367 g/mol. The number of hydrogen-bond donors (Lipinski definition) is 3. The molecule has 1 atom stereocenters. The molecule has 1 aromatic carbocycles. The first-order valence-electron chi connectivity index (χ1n) is 9.03. The van der Waals surface area contributed by atoms with Crippen LogP contribution in [0.5, 0.6) is 0 Å². The summed E-state index contributed by atoms with van der Waals surface area (Å²) in [6, 6.07) is 10.8. The van der Waals surface area contributed by atoms with Gasteiger partial charge in [0.1, 0.15) is 5.54 Å². The SMILES string of the molecule is CC1(CCc2ccccc2)NC(=O)N(NC(=O)c2cc(C3CC3)[nH]n2)C1=O. The number of aromatic amines is 1. The lowest BCUT2D eigenvalue weighted by Crippen LogP contribution is -2.49. The Labute approximate surface area is 156 Å². The zero-order valence-corrected chi connectivity index (χ0v) is 15.0. The Hall–Kier alpha value is -3.16. The van der Waals surface area contributed by atoms with Crippen molar-refractivity contribution in [2.24, 2.45) is 0 Å². The summed E-state index contributed by atoms with van der Waals surface area (Å²) in [6.45, 7) is 1.67. The highest BCUT2D eigenvalue weighted by Gasteiger charge is 2.48. The summed E-state index contributed by atoms with van der Waals surface area (Å²) in [7, 11) is 0. The van der Waals surface area contributed by atoms with Gasteiger partial charge < -0.3 is 5.32 Å². The highest BCUT2D eigenvalue weighted by atomic mass is 16.2. The van der Waals surface area contributed by atoms with Crippen LogP contribution in [0.2, 0.25) is 0 Å². The second-order valence-electron chi connectivity index (χ2n) is 7.31. The molecule has 27 heavy (non-hydrogen) atoms. The van der Waals surface area contributed by atoms with Gasteiger partial charge in [0.05, 0.1) is 0 Å². The molecule has 1 saturated carbocycles. The first-order chi connectivity index (χ1) is 13.0. The summed E-state index contributed by atoms with van der Waals surface area (Å²) >= 11 is 0. The van der Waals surface area contributed by atoms with E-state index in [0.29, 0.717) is 18.8 Å². The third-order valence-corrected chi connectivity index (χ3v) is 5.08. The van der Waals surface area contributed by atoms with E-state index in [2.05, 4.69) is 20.9 Å². The van der Waals surface area contributed by atoms with Gasteiger partial charge in [-0.15, -0.1) is 0 Å². The first-order valence-corrected chi connectivity index (χ1v) is 9.03. The molecule has 2 aromatic rings. The van der Waals surface area contributed by atoms with Crippen molar-refractivity contribution < 1.29 is 14.4 Å². The number of rotatable bonds is 6. The van der Waals surface area contributed by atoms with Crippen molar-refractivity contribution in [1.82, 2.24) is 25.9 Å². The number of hydrogen-bond acceptors (Lipinski definition) is 4. The second-order valence-corrected chi connectivity index (χ2v) is 7.31. The predicted octanol–water partition coefficient (Wildman–Crippen LogP) is 1.88. The molecule has 8 heteroatoms. The Kier molecular flexibility index (Phi) is 4.18. The van der Waals surface area contributed by atoms with Gasteiger partial charge in [0.15, 0.2) is 5.69 Å². The minimum absolute atomic E-state index is 0.162. The van der Waals surface area contributed by atoms with Crippen LogP contribution in [0.3, 0.4) is 0 Å². The van der Waals surface area contributed by atoms with Gasteiger partial charge >= 0.3 is 6.03 Å². The molecule has 2 fully saturated rings. The predicted molar refractivity (Wildman–Crippen MR) is 96.6 cm³/mol. The largest absolute Gasteiger partial charge is 0.344 e. The number of carbonyl (C=O) groups is 3. The number of hydrazine groups is 1. The Morgan fingerprint density at radius 3 is 2.74 bits per heavy atom. The van der Waals surface area contributed by atoms with E-state index < -0.39 is 23.4 Å². The number of amides is 4. The van der Waals surface area contributed by atoms with Crippen LogP contribution in [-0.2, 0) is 11.2 Å². The number of carbonyl (C=O) groups excluding carboxylic acids is 3. The van der Waals surface area contributed by atoms with Crippen LogP contribution >= 0.6 is 0 Å². The third-order valence-electron chi connectivity index (χ3n) is 5.08. The van der Waals surface area contributed by atoms with Crippen LogP contribution < -0.4 is 10.7 Å². The maximum absolute atomic E-state index is 12.7. The highest BCUT2D eigenvalue weighted by molar-refractivity contribution is 6.08. The fourth-order valence-corrected chi connectivity index (χ4v) is 3.21. The zero-order chi connectivity index (χ0) is 19.0. The van der Waals surface area contributed by atoms with Gasteiger partial charge in [-0.1, -0.05) is 30.3 Å². The highest BCUT2D eigenvalue weighted by Crippen LogP contribution is 2.39. The topological polar surface area (TPSA) is 107 Å². The van der Waals surface area contributed by atoms with Crippen molar-refractivity contribution in [1.29, 1.82) is 0 Å². The van der Waals surface area contributed by atoms with Gasteiger partial charge in [0.2, 0.25) is 0 Å². The number of urea groups is 1. The van der Waals surface area contributed by atoms with Crippen molar-refractivity contribution in [2.75, 3.05) is 0 Å². The van der Waals surface area contributed by atoms with E-state index in [4.69, 9.17) is 0 Å². The lowest BCUT2D eigenvalue weighted by Gasteiger charge is -2.21. The average molecular weight is 367 g/mol. The summed E-state index contributed by atoms with van der Waals surface area (Å²) in [4.78, 5) is 37.4. The summed E-state index contributed by atoms with van der Waals surface area (Å²) in [5, 5.41) is 10.2. The van der Waals surface area contributed by atoms with Gasteiger partial charge in [-0.3, -0.25) is 20.1 Å². The van der Waals surface area contributed by atoms with E-state index in [0.717, 1.165) is 29.1 Å². The van der Waals surface area contributed by atoms with Gasteiger partial charge in [-0.2, -0.15) is 10.1 Å². The minimum atomic E-state index is -1.06. The average Bonchev–Trinajstić information content (AvgIpc) is 3.36. The molecule has 1 unspecified atom stereocenters. The molecule has 4 rings (SSSR count). The van der Waals surface area contributed by atoms with E-state index in [9.17, 15) is 14.4 Å². The molecule has 0 radical (unpaired) electrons. The third kappa shape index (κ3) is 3.42. The number of aromatic nitrogens is 2. The maximum Gasteiger partial charge on any atom is 0.344 e. The van der Waals surface area contributed by atoms with Gasteiger partial charge in [-0.25, -0.2) is 4.79 Å². The van der Waals surface area contributed by atoms with E-state index in [1.807, 2.05) is 30.3 Å². The molecule has 140 valence electrons. The van der Waals surface area contributed by atoms with Crippen molar-refractivity contribution >= 4 is 17.8 Å². The molecular formula is C19H21N5O3. The molecular weight excluding hydrogens is 346 g/mol. The molecule has 1 aliphatic heterocycles. The van der Waals surface area contributed by atoms with Crippen LogP contribution in [0.4, 0.5) is 4.79 Å². The van der Waals surface area contributed by atoms with Crippen LogP contribution in [0, 0.1) is 0 Å². The number of nitrogens with zero attached hydrogens (tertiary/aromatic N) is 2. The van der Waals surface area contributed by atoms with Gasteiger partial charge in [-0.05, 0) is 44.2 Å². The Morgan fingerprint density at radius 2 is 2.04 bits per heavy atom. The molecule has 1 aromatic heterocycles. The lowest BCUT2D eigenvalue weighted by molar-refractivity contribution is -0.132. The smallest absolute Gasteiger partial charge is 0.322 e. The van der Waals surface area contributed by atoms with Crippen molar-refractivity contribution in [3.63, 3.8) is 0 Å². The number of H-pyrrole nitrogens is 1. The Morgan fingerprint density at radius 1 is 1.30 bits per heavy atom. The lowest BCUT2D eigenvalue weighted by atomic mass is 9.93. The van der Waals surface area contributed by atoms with Gasteiger partial charge in [0, 0.05) is 11.6 Å². The normalized spacial score (nSPS) is 22.0.